The fraction of sp³-hybridized carbons (Fsp3) is 0.170. The molecule has 5 heteroatoms. The zero-order valence-corrected chi connectivity index (χ0v) is 29.6. The predicted molar refractivity (Wildman–Crippen MR) is 210 cm³/mol. The van der Waals surface area contributed by atoms with Gasteiger partial charge in [-0.3, -0.25) is 0 Å². The van der Waals surface area contributed by atoms with Crippen LogP contribution in [0.15, 0.2) is 149 Å². The first-order valence-electron chi connectivity index (χ1n) is 18.3. The number of aromatic nitrogens is 3. The van der Waals surface area contributed by atoms with Crippen LogP contribution in [0, 0.1) is 11.8 Å². The summed E-state index contributed by atoms with van der Waals surface area (Å²) in [6.45, 7) is 9.60. The molecule has 0 radical (unpaired) electrons. The lowest BCUT2D eigenvalue weighted by Gasteiger charge is -2.52. The summed E-state index contributed by atoms with van der Waals surface area (Å²) >= 11 is 0. The minimum atomic E-state index is -0.443. The van der Waals surface area contributed by atoms with Gasteiger partial charge in [0.25, 0.3) is 0 Å². The number of anilines is 2. The van der Waals surface area contributed by atoms with Crippen LogP contribution in [0.3, 0.4) is 0 Å². The molecular weight excluding hydrogens is 637 g/mol. The van der Waals surface area contributed by atoms with E-state index >= 15 is 0 Å². The van der Waals surface area contributed by atoms with Gasteiger partial charge in [-0.15, -0.1) is 0 Å². The second kappa shape index (κ2) is 10.3. The molecule has 4 atom stereocenters. The second-order valence-electron chi connectivity index (χ2n) is 15.1. The number of fused-ring (bicyclic) bond motifs is 11. The molecular formula is C47H36N4O. The highest BCUT2D eigenvalue weighted by Crippen LogP contribution is 2.64. The van der Waals surface area contributed by atoms with Crippen molar-refractivity contribution in [2.24, 2.45) is 11.8 Å². The highest BCUT2D eigenvalue weighted by Gasteiger charge is 2.56. The lowest BCUT2D eigenvalue weighted by atomic mass is 9.55. The average molecular weight is 673 g/mol. The number of hydrogen-bond acceptors (Lipinski definition) is 5. The summed E-state index contributed by atoms with van der Waals surface area (Å²) in [6, 6.07) is 43.2. The smallest absolute Gasteiger partial charge is 0.164 e. The third-order valence-corrected chi connectivity index (χ3v) is 12.3. The normalized spacial score (nSPS) is 24.0. The van der Waals surface area contributed by atoms with Crippen LogP contribution in [0.5, 0.6) is 0 Å². The predicted octanol–water partition coefficient (Wildman–Crippen LogP) is 11.3. The highest BCUT2D eigenvalue weighted by atomic mass is 16.3. The summed E-state index contributed by atoms with van der Waals surface area (Å²) in [4.78, 5) is 18.4. The minimum Gasteiger partial charge on any atom is -0.456 e. The van der Waals surface area contributed by atoms with Gasteiger partial charge in [-0.25, -0.2) is 15.0 Å². The largest absolute Gasteiger partial charge is 0.456 e. The Balaban J connectivity index is 1.28. The first-order valence-corrected chi connectivity index (χ1v) is 18.3. The maximum Gasteiger partial charge on any atom is 0.164 e. The molecule has 11 rings (SSSR count). The fourth-order valence-electron chi connectivity index (χ4n) is 10.1. The average Bonchev–Trinajstić information content (AvgIpc) is 3.68. The maximum atomic E-state index is 6.55. The number of allylic oxidation sites excluding steroid dienone is 4. The molecule has 2 aromatic heterocycles. The molecule has 250 valence electrons. The van der Waals surface area contributed by atoms with Crippen molar-refractivity contribution in [3.8, 4) is 22.8 Å². The Bertz CT molecular complexity index is 2760. The topological polar surface area (TPSA) is 55.1 Å². The fourth-order valence-corrected chi connectivity index (χ4v) is 10.1. The lowest BCUT2D eigenvalue weighted by molar-refractivity contribution is 0.509. The van der Waals surface area contributed by atoms with E-state index in [1.807, 2.05) is 24.3 Å². The van der Waals surface area contributed by atoms with E-state index in [2.05, 4.69) is 142 Å². The Morgan fingerprint density at radius 2 is 1.37 bits per heavy atom. The third kappa shape index (κ3) is 3.75. The molecule has 0 spiro atoms. The molecule has 6 bridgehead atoms. The van der Waals surface area contributed by atoms with Gasteiger partial charge < -0.3 is 9.32 Å². The molecule has 4 unspecified atom stereocenters. The van der Waals surface area contributed by atoms with Gasteiger partial charge in [0.05, 0.1) is 5.54 Å². The molecule has 0 fully saturated rings. The Kier molecular flexibility index (Phi) is 5.85. The SMILES string of the molecule is CC1C=C2c3nc(-c4ccccc4)nc(n3)-c3cccc4oc5ccc(cc5c34)C3(C)C=C4c5ccccc5N(c5ccccc5)C4(C)C1=C3C2C. The number of hydrogen-bond donors (Lipinski definition) is 0. The van der Waals surface area contributed by atoms with Crippen molar-refractivity contribution < 1.29 is 4.42 Å². The van der Waals surface area contributed by atoms with Gasteiger partial charge in [0.1, 0.15) is 11.2 Å². The molecule has 5 aromatic carbocycles. The van der Waals surface area contributed by atoms with Crippen LogP contribution >= 0.6 is 0 Å². The minimum absolute atomic E-state index is 0.0146. The van der Waals surface area contributed by atoms with Crippen LogP contribution < -0.4 is 4.90 Å². The van der Waals surface area contributed by atoms with Gasteiger partial charge in [0.2, 0.25) is 0 Å². The molecule has 4 heterocycles. The second-order valence-corrected chi connectivity index (χ2v) is 15.1. The van der Waals surface area contributed by atoms with Crippen LogP contribution in [0.25, 0.3) is 55.9 Å². The van der Waals surface area contributed by atoms with Crippen molar-refractivity contribution in [3.05, 3.63) is 162 Å². The van der Waals surface area contributed by atoms with Crippen molar-refractivity contribution in [1.82, 2.24) is 15.0 Å². The van der Waals surface area contributed by atoms with E-state index in [4.69, 9.17) is 19.4 Å². The van der Waals surface area contributed by atoms with Crippen molar-refractivity contribution in [2.75, 3.05) is 4.90 Å². The number of para-hydroxylation sites is 2. The number of rotatable bonds is 2. The van der Waals surface area contributed by atoms with Gasteiger partial charge in [-0.05, 0) is 78.4 Å². The molecule has 52 heavy (non-hydrogen) atoms. The Morgan fingerprint density at radius 3 is 2.19 bits per heavy atom. The summed E-state index contributed by atoms with van der Waals surface area (Å²) in [7, 11) is 0. The summed E-state index contributed by atoms with van der Waals surface area (Å²) in [5.74, 6) is 2.17. The number of benzene rings is 5. The van der Waals surface area contributed by atoms with E-state index in [1.165, 1.54) is 39.2 Å². The van der Waals surface area contributed by atoms with Crippen molar-refractivity contribution >= 4 is 44.5 Å². The van der Waals surface area contributed by atoms with Gasteiger partial charge in [-0.1, -0.05) is 111 Å². The van der Waals surface area contributed by atoms with Crippen molar-refractivity contribution in [3.63, 3.8) is 0 Å². The molecule has 5 nitrogen and oxygen atoms in total. The van der Waals surface area contributed by atoms with Crippen LogP contribution in [0.1, 0.15) is 44.6 Å². The first-order chi connectivity index (χ1) is 25.3. The van der Waals surface area contributed by atoms with Crippen molar-refractivity contribution in [2.45, 2.75) is 38.6 Å². The monoisotopic (exact) mass is 672 g/mol. The van der Waals surface area contributed by atoms with Gasteiger partial charge in [0.15, 0.2) is 17.5 Å². The number of furan rings is 1. The molecule has 0 saturated carbocycles. The quantitative estimate of drug-likeness (QED) is 0.171. The van der Waals surface area contributed by atoms with E-state index in [-0.39, 0.29) is 11.8 Å². The van der Waals surface area contributed by atoms with E-state index < -0.39 is 11.0 Å². The van der Waals surface area contributed by atoms with Crippen LogP contribution in [0.4, 0.5) is 11.4 Å². The summed E-state index contributed by atoms with van der Waals surface area (Å²) < 4.78 is 6.55. The summed E-state index contributed by atoms with van der Waals surface area (Å²) in [5.41, 5.74) is 13.0. The van der Waals surface area contributed by atoms with Gasteiger partial charge in [0, 0.05) is 55.7 Å². The molecule has 2 aliphatic heterocycles. The van der Waals surface area contributed by atoms with E-state index in [0.29, 0.717) is 11.6 Å². The highest BCUT2D eigenvalue weighted by molar-refractivity contribution is 6.12. The summed E-state index contributed by atoms with van der Waals surface area (Å²) in [5, 5.41) is 2.11. The van der Waals surface area contributed by atoms with E-state index in [0.717, 1.165) is 44.5 Å². The Hall–Kier alpha value is -6.07. The van der Waals surface area contributed by atoms with E-state index in [9.17, 15) is 0 Å². The summed E-state index contributed by atoms with van der Waals surface area (Å²) in [6.07, 6.45) is 5.03. The van der Waals surface area contributed by atoms with Crippen LogP contribution in [0.2, 0.25) is 0 Å². The molecule has 0 amide bonds. The number of nitrogens with zero attached hydrogens (tertiary/aromatic N) is 4. The maximum absolute atomic E-state index is 6.55. The van der Waals surface area contributed by atoms with E-state index in [1.54, 1.807) is 0 Å². The zero-order valence-electron chi connectivity index (χ0n) is 29.6. The van der Waals surface area contributed by atoms with Crippen LogP contribution in [-0.4, -0.2) is 20.5 Å². The van der Waals surface area contributed by atoms with Gasteiger partial charge in [-0.2, -0.15) is 0 Å². The first kappa shape index (κ1) is 29.6. The Morgan fingerprint density at radius 1 is 0.654 bits per heavy atom. The third-order valence-electron chi connectivity index (χ3n) is 12.3. The lowest BCUT2D eigenvalue weighted by Crippen LogP contribution is -2.50. The zero-order chi connectivity index (χ0) is 34.9. The van der Waals surface area contributed by atoms with Crippen LogP contribution in [-0.2, 0) is 5.41 Å². The molecule has 2 aliphatic carbocycles. The molecule has 0 saturated heterocycles. The Labute approximate surface area is 302 Å². The molecule has 4 aliphatic rings. The van der Waals surface area contributed by atoms with Gasteiger partial charge >= 0.3 is 0 Å². The molecule has 7 aromatic rings. The standard InChI is InChI=1S/C47H36N4O/c1-27-24-34-28(2)42-41(27)47(4)36(32-18-11-12-20-37(32)51(47)31-16-9-6-10-17-31)26-46(42,3)30-22-23-38-35(25-30)40-33(19-13-21-39(40)52-38)44-48-43(49-45(34)50-44)29-14-7-5-8-15-29/h5-28H,1-4H3. The van der Waals surface area contributed by atoms with Crippen molar-refractivity contribution in [1.29, 1.82) is 0 Å². The molecule has 0 N–H and O–H groups in total.